The van der Waals surface area contributed by atoms with E-state index in [0.717, 1.165) is 0 Å². The normalized spacial score (nSPS) is 17.5. The Kier molecular flexibility index (Phi) is 8.47. The first-order valence-corrected chi connectivity index (χ1v) is 11.5. The molecule has 0 aromatic heterocycles. The summed E-state index contributed by atoms with van der Waals surface area (Å²) in [7, 11) is 2.99. The molecule has 1 unspecified atom stereocenters. The van der Waals surface area contributed by atoms with Gasteiger partial charge in [-0.05, 0) is 50.1 Å². The Labute approximate surface area is 208 Å². The van der Waals surface area contributed by atoms with E-state index in [1.165, 1.54) is 24.1 Å². The van der Waals surface area contributed by atoms with E-state index in [2.05, 4.69) is 0 Å². The number of halogens is 2. The molecular weight excluding hydrogens is 481 g/mol. The topological polar surface area (TPSA) is 85.3 Å². The molecule has 1 N–H and O–H groups in total. The third-order valence-electron chi connectivity index (χ3n) is 5.31. The van der Waals surface area contributed by atoms with E-state index in [-0.39, 0.29) is 45.3 Å². The van der Waals surface area contributed by atoms with Gasteiger partial charge in [-0.2, -0.15) is 0 Å². The number of carbonyl (C=O) groups excluding carboxylic acids is 2. The lowest BCUT2D eigenvalue weighted by Crippen LogP contribution is -2.31. The molecule has 0 radical (unpaired) electrons. The van der Waals surface area contributed by atoms with Crippen LogP contribution in [0.5, 0.6) is 11.5 Å². The molecule has 34 heavy (non-hydrogen) atoms. The maximum atomic E-state index is 13.1. The molecule has 7 nitrogen and oxygen atoms in total. The van der Waals surface area contributed by atoms with Gasteiger partial charge in [-0.3, -0.25) is 9.59 Å². The van der Waals surface area contributed by atoms with E-state index < -0.39 is 17.7 Å². The summed E-state index contributed by atoms with van der Waals surface area (Å²) in [5.41, 5.74) is 0.772. The summed E-state index contributed by atoms with van der Waals surface area (Å²) >= 11 is 12.5. The molecule has 0 saturated carbocycles. The van der Waals surface area contributed by atoms with E-state index in [0.29, 0.717) is 24.3 Å². The molecule has 1 heterocycles. The number of ether oxygens (including phenoxy) is 3. The summed E-state index contributed by atoms with van der Waals surface area (Å²) in [5, 5.41) is 11.5. The Bertz CT molecular complexity index is 1090. The number of methoxy groups -OCH3 is 2. The van der Waals surface area contributed by atoms with Crippen molar-refractivity contribution in [2.45, 2.75) is 32.4 Å². The predicted octanol–water partition coefficient (Wildman–Crippen LogP) is 5.25. The SMILES string of the molecule is COCCCN1C(=O)C(=O)/C(=C(/O)c2cc(Cl)c(OC)c(Cl)c2)C1c1cccc(OC(C)C)c1. The van der Waals surface area contributed by atoms with E-state index >= 15 is 0 Å². The Balaban J connectivity index is 2.17. The minimum Gasteiger partial charge on any atom is -0.507 e. The molecule has 1 fully saturated rings. The van der Waals surface area contributed by atoms with Gasteiger partial charge in [0, 0.05) is 25.8 Å². The van der Waals surface area contributed by atoms with Crippen molar-refractivity contribution in [1.82, 2.24) is 4.90 Å². The van der Waals surface area contributed by atoms with Crippen LogP contribution in [0.25, 0.3) is 5.76 Å². The summed E-state index contributed by atoms with van der Waals surface area (Å²) in [4.78, 5) is 27.6. The number of aliphatic hydroxyl groups excluding tert-OH is 1. The predicted molar refractivity (Wildman–Crippen MR) is 131 cm³/mol. The van der Waals surface area contributed by atoms with E-state index in [4.69, 9.17) is 37.4 Å². The monoisotopic (exact) mass is 507 g/mol. The number of nitrogens with zero attached hydrogens (tertiary/aromatic N) is 1. The van der Waals surface area contributed by atoms with Crippen LogP contribution < -0.4 is 9.47 Å². The second kappa shape index (κ2) is 11.1. The van der Waals surface area contributed by atoms with Crippen LogP contribution in [0.15, 0.2) is 42.0 Å². The smallest absolute Gasteiger partial charge is 0.295 e. The van der Waals surface area contributed by atoms with Crippen molar-refractivity contribution in [3.05, 3.63) is 63.1 Å². The van der Waals surface area contributed by atoms with Crippen molar-refractivity contribution < 1.29 is 28.9 Å². The summed E-state index contributed by atoms with van der Waals surface area (Å²) in [6.07, 6.45) is 0.453. The van der Waals surface area contributed by atoms with Crippen LogP contribution in [0.2, 0.25) is 10.0 Å². The highest BCUT2D eigenvalue weighted by atomic mass is 35.5. The highest BCUT2D eigenvalue weighted by molar-refractivity contribution is 6.46. The molecule has 182 valence electrons. The number of rotatable bonds is 9. The Morgan fingerprint density at radius 1 is 1.12 bits per heavy atom. The van der Waals surface area contributed by atoms with Crippen LogP contribution in [-0.2, 0) is 14.3 Å². The van der Waals surface area contributed by atoms with Gasteiger partial charge in [0.25, 0.3) is 11.7 Å². The Morgan fingerprint density at radius 3 is 2.38 bits per heavy atom. The van der Waals surface area contributed by atoms with Crippen LogP contribution in [0.3, 0.4) is 0 Å². The average molecular weight is 508 g/mol. The molecule has 9 heteroatoms. The molecule has 2 aromatic carbocycles. The van der Waals surface area contributed by atoms with Crippen LogP contribution in [0.1, 0.15) is 37.4 Å². The van der Waals surface area contributed by atoms with Gasteiger partial charge in [-0.25, -0.2) is 0 Å². The van der Waals surface area contributed by atoms with Gasteiger partial charge in [0.1, 0.15) is 11.5 Å². The molecule has 1 amide bonds. The van der Waals surface area contributed by atoms with Crippen LogP contribution in [-0.4, -0.2) is 55.2 Å². The van der Waals surface area contributed by atoms with Crippen molar-refractivity contribution in [3.8, 4) is 11.5 Å². The second-order valence-electron chi connectivity index (χ2n) is 8.05. The van der Waals surface area contributed by atoms with Crippen LogP contribution >= 0.6 is 23.2 Å². The van der Waals surface area contributed by atoms with Gasteiger partial charge in [0.2, 0.25) is 0 Å². The highest BCUT2D eigenvalue weighted by Crippen LogP contribution is 2.42. The molecule has 2 aromatic rings. The summed E-state index contributed by atoms with van der Waals surface area (Å²) in [6, 6.07) is 9.18. The van der Waals surface area contributed by atoms with Gasteiger partial charge in [0.15, 0.2) is 5.75 Å². The molecule has 1 atom stereocenters. The number of likely N-dealkylation sites (tertiary alicyclic amines) is 1. The van der Waals surface area contributed by atoms with E-state index in [1.807, 2.05) is 13.8 Å². The zero-order valence-corrected chi connectivity index (χ0v) is 20.9. The molecule has 1 aliphatic rings. The van der Waals surface area contributed by atoms with Crippen molar-refractivity contribution in [1.29, 1.82) is 0 Å². The van der Waals surface area contributed by atoms with Gasteiger partial charge in [-0.15, -0.1) is 0 Å². The largest absolute Gasteiger partial charge is 0.507 e. The molecule has 3 rings (SSSR count). The highest BCUT2D eigenvalue weighted by Gasteiger charge is 2.46. The number of amides is 1. The fraction of sp³-hybridized carbons (Fsp3) is 0.360. The maximum absolute atomic E-state index is 13.1. The molecular formula is C25H27Cl2NO6. The summed E-state index contributed by atoms with van der Waals surface area (Å²) in [5.74, 6) is -1.04. The molecule has 0 aliphatic carbocycles. The first-order valence-electron chi connectivity index (χ1n) is 10.8. The van der Waals surface area contributed by atoms with Gasteiger partial charge in [-0.1, -0.05) is 35.3 Å². The summed E-state index contributed by atoms with van der Waals surface area (Å²) in [6.45, 7) is 4.48. The molecule has 0 bridgehead atoms. The minimum atomic E-state index is -0.827. The van der Waals surface area contributed by atoms with Crippen molar-refractivity contribution in [2.24, 2.45) is 0 Å². The standard InChI is InChI=1S/C25H27Cl2NO6/c1-14(2)34-17-8-5-7-15(11-17)21-20(23(30)25(31)28(21)9-6-10-32-3)22(29)16-12-18(26)24(33-4)19(27)13-16/h5,7-8,11-14,21,29H,6,9-10H2,1-4H3/b22-20+. The zero-order chi connectivity index (χ0) is 25.0. The number of aliphatic hydroxyl groups is 1. The van der Waals surface area contributed by atoms with Crippen LogP contribution in [0, 0.1) is 0 Å². The summed E-state index contributed by atoms with van der Waals surface area (Å²) < 4.78 is 16.1. The lowest BCUT2D eigenvalue weighted by atomic mass is 9.95. The van der Waals surface area contributed by atoms with Crippen molar-refractivity contribution in [2.75, 3.05) is 27.4 Å². The molecule has 1 saturated heterocycles. The number of hydrogen-bond donors (Lipinski definition) is 1. The maximum Gasteiger partial charge on any atom is 0.295 e. The quantitative estimate of drug-likeness (QED) is 0.216. The van der Waals surface area contributed by atoms with Crippen molar-refractivity contribution in [3.63, 3.8) is 0 Å². The fourth-order valence-corrected chi connectivity index (χ4v) is 4.56. The molecule has 0 spiro atoms. The Hall–Kier alpha value is -2.74. The van der Waals surface area contributed by atoms with E-state index in [1.54, 1.807) is 31.4 Å². The lowest BCUT2D eigenvalue weighted by Gasteiger charge is -2.26. The van der Waals surface area contributed by atoms with Gasteiger partial charge < -0.3 is 24.2 Å². The number of hydrogen-bond acceptors (Lipinski definition) is 6. The van der Waals surface area contributed by atoms with Crippen molar-refractivity contribution >= 4 is 40.7 Å². The minimum absolute atomic E-state index is 0.0542. The zero-order valence-electron chi connectivity index (χ0n) is 19.4. The number of ketones is 1. The third-order valence-corrected chi connectivity index (χ3v) is 5.87. The van der Waals surface area contributed by atoms with Gasteiger partial charge in [0.05, 0.1) is 34.9 Å². The second-order valence-corrected chi connectivity index (χ2v) is 8.87. The number of carbonyl (C=O) groups is 2. The fourth-order valence-electron chi connectivity index (χ4n) is 3.91. The van der Waals surface area contributed by atoms with E-state index in [9.17, 15) is 14.7 Å². The first-order chi connectivity index (χ1) is 16.2. The number of benzene rings is 2. The third kappa shape index (κ3) is 5.32. The van der Waals surface area contributed by atoms with Gasteiger partial charge >= 0.3 is 0 Å². The van der Waals surface area contributed by atoms with Crippen LogP contribution in [0.4, 0.5) is 0 Å². The lowest BCUT2D eigenvalue weighted by molar-refractivity contribution is -0.140. The number of Topliss-reactive ketones (excluding diaryl/α,β-unsaturated/α-hetero) is 1. The molecule has 1 aliphatic heterocycles. The Morgan fingerprint density at radius 2 is 1.79 bits per heavy atom. The average Bonchev–Trinajstić information content (AvgIpc) is 3.03. The first kappa shape index (κ1) is 25.9.